The largest absolute Gasteiger partial charge is 0.372 e. The number of fused-ring (bicyclic) bond motifs is 4. The molecule has 0 aliphatic heterocycles. The molecule has 0 amide bonds. The maximum absolute atomic E-state index is 6.92. The first-order valence-electron chi connectivity index (χ1n) is 15.4. The Labute approximate surface area is 236 Å². The van der Waals surface area contributed by atoms with E-state index in [1.165, 1.54) is 47.9 Å². The smallest absolute Gasteiger partial charge is 0.0746 e. The van der Waals surface area contributed by atoms with E-state index in [0.717, 1.165) is 61.4 Å². The molecule has 0 saturated heterocycles. The first-order valence-corrected chi connectivity index (χ1v) is 15.4. The molecule has 2 fully saturated rings. The lowest BCUT2D eigenvalue weighted by Gasteiger charge is -2.29. The zero-order valence-corrected chi connectivity index (χ0v) is 24.5. The Balaban J connectivity index is 1.10. The summed E-state index contributed by atoms with van der Waals surface area (Å²) >= 11 is 0. The third kappa shape index (κ3) is 6.42. The zero-order valence-electron chi connectivity index (χ0n) is 24.5. The Morgan fingerprint density at radius 2 is 1.00 bits per heavy atom. The Morgan fingerprint density at radius 1 is 0.590 bits per heavy atom. The van der Waals surface area contributed by atoms with Gasteiger partial charge in [-0.1, -0.05) is 72.8 Å². The molecule has 0 aromatic heterocycles. The molecule has 0 N–H and O–H groups in total. The molecule has 208 valence electrons. The molecule has 3 heteroatoms. The van der Waals surface area contributed by atoms with E-state index in [9.17, 15) is 0 Å². The number of hydrogen-bond acceptors (Lipinski definition) is 3. The van der Waals surface area contributed by atoms with Crippen LogP contribution in [0.15, 0.2) is 72.8 Å². The third-order valence-electron chi connectivity index (χ3n) is 9.82. The quantitative estimate of drug-likeness (QED) is 0.287. The van der Waals surface area contributed by atoms with Gasteiger partial charge in [-0.2, -0.15) is 0 Å². The standard InChI is InChI=1S/C36H48N2O/c1-37(2)23-33(19-25-5-11-29(12-6-25)35-21-27-9-15-31(35)17-27)39-34(24-38(3)4)20-26-7-13-30(14-8-26)36-22-28-10-16-32(36)18-28/h5-16,27-28,31-36H,17-24H2,1-4H3. The van der Waals surface area contributed by atoms with Crippen LogP contribution >= 0.6 is 0 Å². The number of allylic oxidation sites excluding steroid dienone is 4. The van der Waals surface area contributed by atoms with Gasteiger partial charge < -0.3 is 14.5 Å². The molecular formula is C36H48N2O. The van der Waals surface area contributed by atoms with Crippen molar-refractivity contribution in [1.82, 2.24) is 9.80 Å². The van der Waals surface area contributed by atoms with Gasteiger partial charge in [0, 0.05) is 13.1 Å². The highest BCUT2D eigenvalue weighted by Crippen LogP contribution is 2.49. The van der Waals surface area contributed by atoms with Crippen LogP contribution in [0, 0.1) is 23.7 Å². The molecule has 6 rings (SSSR count). The SMILES string of the molecule is CN(C)CC(Cc1ccc(C2CC3C=CC2C3)cc1)OC(Cc1ccc(C2CC3C=CC2C3)cc1)CN(C)C. The van der Waals surface area contributed by atoms with Crippen LogP contribution in [0.3, 0.4) is 0 Å². The predicted octanol–water partition coefficient (Wildman–Crippen LogP) is 6.71. The second-order valence-electron chi connectivity index (χ2n) is 13.6. The van der Waals surface area contributed by atoms with E-state index in [4.69, 9.17) is 4.74 Å². The Morgan fingerprint density at radius 3 is 1.31 bits per heavy atom. The molecule has 0 heterocycles. The maximum Gasteiger partial charge on any atom is 0.0746 e. The van der Waals surface area contributed by atoms with Crippen LogP contribution in [0.4, 0.5) is 0 Å². The summed E-state index contributed by atoms with van der Waals surface area (Å²) < 4.78 is 6.92. The number of nitrogens with zero attached hydrogens (tertiary/aromatic N) is 2. The van der Waals surface area contributed by atoms with Gasteiger partial charge in [-0.05, 0) is 124 Å². The molecule has 39 heavy (non-hydrogen) atoms. The number of hydrogen-bond donors (Lipinski definition) is 0. The monoisotopic (exact) mass is 524 g/mol. The minimum atomic E-state index is 0.168. The molecule has 8 unspecified atom stereocenters. The van der Waals surface area contributed by atoms with E-state index >= 15 is 0 Å². The zero-order chi connectivity index (χ0) is 26.9. The number of ether oxygens (including phenoxy) is 1. The summed E-state index contributed by atoms with van der Waals surface area (Å²) in [6.45, 7) is 1.86. The molecular weight excluding hydrogens is 476 g/mol. The molecule has 2 aromatic rings. The third-order valence-corrected chi connectivity index (χ3v) is 9.82. The summed E-state index contributed by atoms with van der Waals surface area (Å²) in [5.41, 5.74) is 5.82. The van der Waals surface area contributed by atoms with Crippen LogP contribution < -0.4 is 0 Å². The van der Waals surface area contributed by atoms with Crippen molar-refractivity contribution in [2.24, 2.45) is 23.7 Å². The predicted molar refractivity (Wildman–Crippen MR) is 162 cm³/mol. The van der Waals surface area contributed by atoms with Crippen molar-refractivity contribution in [2.45, 2.75) is 62.6 Å². The minimum absolute atomic E-state index is 0.168. The fourth-order valence-electron chi connectivity index (χ4n) is 8.05. The molecule has 2 aromatic carbocycles. The van der Waals surface area contributed by atoms with Crippen LogP contribution in [0.2, 0.25) is 0 Å². The molecule has 8 atom stereocenters. The summed E-state index contributed by atoms with van der Waals surface area (Å²) in [6.07, 6.45) is 17.4. The lowest BCUT2D eigenvalue weighted by Crippen LogP contribution is -2.38. The van der Waals surface area contributed by atoms with Crippen molar-refractivity contribution in [3.8, 4) is 0 Å². The highest BCUT2D eigenvalue weighted by atomic mass is 16.5. The highest BCUT2D eigenvalue weighted by Gasteiger charge is 2.37. The minimum Gasteiger partial charge on any atom is -0.372 e. The van der Waals surface area contributed by atoms with Crippen molar-refractivity contribution in [3.05, 3.63) is 95.1 Å². The summed E-state index contributed by atoms with van der Waals surface area (Å²) in [5.74, 6) is 4.60. The van der Waals surface area contributed by atoms with Crippen molar-refractivity contribution < 1.29 is 4.74 Å². The summed E-state index contributed by atoms with van der Waals surface area (Å²) in [7, 11) is 8.64. The number of rotatable bonds is 12. The van der Waals surface area contributed by atoms with Gasteiger partial charge in [0.15, 0.2) is 0 Å². The average Bonchev–Trinajstić information content (AvgIpc) is 3.71. The van der Waals surface area contributed by atoms with Crippen LogP contribution in [0.1, 0.15) is 59.8 Å². The summed E-state index contributed by atoms with van der Waals surface area (Å²) in [6, 6.07) is 19.0. The number of likely N-dealkylation sites (N-methyl/N-ethyl adjacent to an activating group) is 2. The van der Waals surface area contributed by atoms with Gasteiger partial charge in [0.2, 0.25) is 0 Å². The molecule has 4 aliphatic carbocycles. The molecule has 4 aliphatic rings. The summed E-state index contributed by atoms with van der Waals surface area (Å²) in [4.78, 5) is 4.54. The van der Waals surface area contributed by atoms with E-state index in [1.807, 2.05) is 0 Å². The van der Waals surface area contributed by atoms with Crippen molar-refractivity contribution >= 4 is 0 Å². The molecule has 3 nitrogen and oxygen atoms in total. The summed E-state index contributed by atoms with van der Waals surface area (Å²) in [5, 5.41) is 0. The molecule has 0 spiro atoms. The van der Waals surface area contributed by atoms with Crippen LogP contribution in [-0.4, -0.2) is 63.3 Å². The van der Waals surface area contributed by atoms with Crippen LogP contribution in [0.5, 0.6) is 0 Å². The Kier molecular flexibility index (Phi) is 8.12. The van der Waals surface area contributed by atoms with Crippen LogP contribution in [-0.2, 0) is 17.6 Å². The fraction of sp³-hybridized carbons (Fsp3) is 0.556. The normalized spacial score (nSPS) is 30.2. The number of benzene rings is 2. The van der Waals surface area contributed by atoms with E-state index < -0.39 is 0 Å². The van der Waals surface area contributed by atoms with Gasteiger partial charge in [0.25, 0.3) is 0 Å². The van der Waals surface area contributed by atoms with Gasteiger partial charge in [0.05, 0.1) is 12.2 Å². The van der Waals surface area contributed by atoms with Crippen molar-refractivity contribution in [1.29, 1.82) is 0 Å². The van der Waals surface area contributed by atoms with Gasteiger partial charge in [-0.3, -0.25) is 0 Å². The first kappa shape index (κ1) is 27.0. The lowest BCUT2D eigenvalue weighted by molar-refractivity contribution is -0.0319. The molecule has 0 radical (unpaired) electrons. The Bertz CT molecular complexity index is 1060. The van der Waals surface area contributed by atoms with E-state index in [2.05, 4.69) is 111 Å². The average molecular weight is 525 g/mol. The van der Waals surface area contributed by atoms with Gasteiger partial charge >= 0.3 is 0 Å². The topological polar surface area (TPSA) is 15.7 Å². The van der Waals surface area contributed by atoms with E-state index in [1.54, 1.807) is 0 Å². The van der Waals surface area contributed by atoms with Gasteiger partial charge in [0.1, 0.15) is 0 Å². The molecule has 2 saturated carbocycles. The van der Waals surface area contributed by atoms with Gasteiger partial charge in [-0.15, -0.1) is 0 Å². The van der Waals surface area contributed by atoms with E-state index in [-0.39, 0.29) is 12.2 Å². The first-order chi connectivity index (χ1) is 18.9. The van der Waals surface area contributed by atoms with Gasteiger partial charge in [-0.25, -0.2) is 0 Å². The second-order valence-corrected chi connectivity index (χ2v) is 13.6. The van der Waals surface area contributed by atoms with Crippen molar-refractivity contribution in [2.75, 3.05) is 41.3 Å². The van der Waals surface area contributed by atoms with Crippen LogP contribution in [0.25, 0.3) is 0 Å². The lowest BCUT2D eigenvalue weighted by atomic mass is 9.86. The maximum atomic E-state index is 6.92. The highest BCUT2D eigenvalue weighted by molar-refractivity contribution is 5.32. The fourth-order valence-corrected chi connectivity index (χ4v) is 8.05. The second kappa shape index (κ2) is 11.7. The van der Waals surface area contributed by atoms with Crippen molar-refractivity contribution in [3.63, 3.8) is 0 Å². The molecule has 4 bridgehead atoms. The van der Waals surface area contributed by atoms with E-state index in [0.29, 0.717) is 0 Å². The Hall–Kier alpha value is -2.20.